The van der Waals surface area contributed by atoms with Gasteiger partial charge in [0.1, 0.15) is 18.6 Å². The zero-order chi connectivity index (χ0) is 14.5. The fourth-order valence-electron chi connectivity index (χ4n) is 2.25. The van der Waals surface area contributed by atoms with E-state index in [2.05, 4.69) is 11.5 Å². The van der Waals surface area contributed by atoms with Crippen molar-refractivity contribution in [3.63, 3.8) is 0 Å². The second kappa shape index (κ2) is 8.23. The summed E-state index contributed by atoms with van der Waals surface area (Å²) in [7, 11) is 0. The molecule has 1 heterocycles. The van der Waals surface area contributed by atoms with Gasteiger partial charge in [-0.3, -0.25) is 0 Å². The van der Waals surface area contributed by atoms with Crippen LogP contribution in [0.1, 0.15) is 32.5 Å². The summed E-state index contributed by atoms with van der Waals surface area (Å²) in [5.41, 5.74) is 1.86. The second-order valence-corrected chi connectivity index (χ2v) is 4.91. The number of rotatable bonds is 6. The molecule has 0 fully saturated rings. The van der Waals surface area contributed by atoms with Gasteiger partial charge in [-0.15, -0.1) is 0 Å². The number of aromatic nitrogens is 2. The molecule has 6 heteroatoms. The number of benzene rings is 1. The molecule has 0 amide bonds. The maximum atomic E-state index is 10.8. The van der Waals surface area contributed by atoms with E-state index in [1.165, 1.54) is 6.08 Å². The summed E-state index contributed by atoms with van der Waals surface area (Å²) in [6, 6.07) is 5.64. The van der Waals surface area contributed by atoms with Gasteiger partial charge in [0.25, 0.3) is 0 Å². The van der Waals surface area contributed by atoms with Crippen molar-refractivity contribution >= 4 is 34.7 Å². The van der Waals surface area contributed by atoms with Crippen molar-refractivity contribution in [1.29, 1.82) is 0 Å². The summed E-state index contributed by atoms with van der Waals surface area (Å²) in [5.74, 6) is 2.53. The molecular formula is C15H18BrClN2O2. The van der Waals surface area contributed by atoms with Crippen molar-refractivity contribution in [3.05, 3.63) is 29.0 Å². The van der Waals surface area contributed by atoms with Crippen molar-refractivity contribution in [3.8, 4) is 0 Å². The van der Waals surface area contributed by atoms with Crippen LogP contribution in [0.2, 0.25) is 5.02 Å². The molecule has 0 unspecified atom stereocenters. The summed E-state index contributed by atoms with van der Waals surface area (Å²) in [4.78, 5) is 16.5. The molecular weight excluding hydrogens is 356 g/mol. The number of fused-ring (bicyclic) bond motifs is 1. The molecule has 114 valence electrons. The van der Waals surface area contributed by atoms with Gasteiger partial charge in [0.2, 0.25) is 5.52 Å². The number of aryl methyl sites for hydroxylation is 1. The molecule has 4 nitrogen and oxygen atoms in total. The average molecular weight is 374 g/mol. The largest absolute Gasteiger partial charge is 1.00 e. The van der Waals surface area contributed by atoms with Gasteiger partial charge >= 0.3 is 5.82 Å². The van der Waals surface area contributed by atoms with Crippen LogP contribution in [0.15, 0.2) is 18.2 Å². The minimum absolute atomic E-state index is 0. The third kappa shape index (κ3) is 3.67. The summed E-state index contributed by atoms with van der Waals surface area (Å²) in [6.45, 7) is 5.36. The Kier molecular flexibility index (Phi) is 6.96. The van der Waals surface area contributed by atoms with E-state index < -0.39 is 0 Å². The highest BCUT2D eigenvalue weighted by Gasteiger charge is 2.25. The molecule has 0 aliphatic rings. The summed E-state index contributed by atoms with van der Waals surface area (Å²) < 4.78 is 3.72. The molecule has 0 saturated carbocycles. The van der Waals surface area contributed by atoms with E-state index in [1.54, 1.807) is 4.73 Å². The predicted octanol–water partition coefficient (Wildman–Crippen LogP) is -0.320. The first-order valence-electron chi connectivity index (χ1n) is 6.80. The van der Waals surface area contributed by atoms with Gasteiger partial charge in [-0.25, -0.2) is 9.36 Å². The van der Waals surface area contributed by atoms with Crippen LogP contribution in [0.4, 0.5) is 0 Å². The van der Waals surface area contributed by atoms with Crippen LogP contribution in [0.3, 0.4) is 0 Å². The molecule has 0 bridgehead atoms. The lowest BCUT2D eigenvalue weighted by Gasteiger charge is -1.99. The van der Waals surface area contributed by atoms with Crippen molar-refractivity contribution in [2.24, 2.45) is 0 Å². The molecule has 2 rings (SSSR count). The van der Waals surface area contributed by atoms with Gasteiger partial charge in [0.15, 0.2) is 5.52 Å². The maximum Gasteiger partial charge on any atom is 0.333 e. The van der Waals surface area contributed by atoms with E-state index >= 15 is 0 Å². The molecule has 0 N–H and O–H groups in total. The van der Waals surface area contributed by atoms with E-state index in [0.29, 0.717) is 17.5 Å². The normalized spacial score (nSPS) is 10.0. The van der Waals surface area contributed by atoms with Crippen molar-refractivity contribution in [1.82, 2.24) is 4.57 Å². The van der Waals surface area contributed by atoms with Crippen molar-refractivity contribution in [2.45, 2.75) is 33.2 Å². The van der Waals surface area contributed by atoms with E-state index in [1.807, 2.05) is 31.1 Å². The van der Waals surface area contributed by atoms with Crippen LogP contribution in [-0.2, 0) is 11.3 Å². The highest BCUT2D eigenvalue weighted by molar-refractivity contribution is 6.31. The quantitative estimate of drug-likeness (QED) is 0.514. The zero-order valence-corrected chi connectivity index (χ0v) is 14.4. The molecule has 21 heavy (non-hydrogen) atoms. The Morgan fingerprint density at radius 1 is 1.43 bits per heavy atom. The second-order valence-electron chi connectivity index (χ2n) is 4.47. The van der Waals surface area contributed by atoms with Crippen LogP contribution in [0.25, 0.3) is 17.1 Å². The minimum Gasteiger partial charge on any atom is -1.00 e. The first-order chi connectivity index (χ1) is 9.72. The average Bonchev–Trinajstić information content (AvgIpc) is 2.71. The lowest BCUT2D eigenvalue weighted by molar-refractivity contribution is -0.872. The predicted molar refractivity (Wildman–Crippen MR) is 79.3 cm³/mol. The fourth-order valence-corrected chi connectivity index (χ4v) is 2.42. The van der Waals surface area contributed by atoms with Gasteiger partial charge in [0.05, 0.1) is 6.54 Å². The molecule has 1 aromatic carbocycles. The van der Waals surface area contributed by atoms with Gasteiger partial charge in [0, 0.05) is 11.1 Å². The standard InChI is InChI=1S/C15H18ClN2O2.BrH/c1-3-5-9-17-13-7-6-12(16)11-14(13)18(20-4-2)15(17)8-10-19;/h6-8,11H,3-5,9H2,1-2H3;1H/q+1;/p-1. The topological polar surface area (TPSA) is 35.1 Å². The van der Waals surface area contributed by atoms with Crippen molar-refractivity contribution < 1.29 is 31.3 Å². The highest BCUT2D eigenvalue weighted by atomic mass is 79.9. The lowest BCUT2D eigenvalue weighted by Crippen LogP contribution is -3.00. The fraction of sp³-hybridized carbons (Fsp3) is 0.400. The Bertz CT molecular complexity index is 663. The van der Waals surface area contributed by atoms with Crippen LogP contribution >= 0.6 is 11.6 Å². The number of imidazole rings is 1. The van der Waals surface area contributed by atoms with Crippen LogP contribution in [-0.4, -0.2) is 17.1 Å². The summed E-state index contributed by atoms with van der Waals surface area (Å²) >= 11 is 6.07. The highest BCUT2D eigenvalue weighted by Crippen LogP contribution is 2.20. The Morgan fingerprint density at radius 3 is 2.81 bits per heavy atom. The molecule has 2 aromatic rings. The number of nitrogens with zero attached hydrogens (tertiary/aromatic N) is 2. The van der Waals surface area contributed by atoms with Gasteiger partial charge in [-0.2, -0.15) is 0 Å². The smallest absolute Gasteiger partial charge is 0.333 e. The van der Waals surface area contributed by atoms with Gasteiger partial charge in [-0.1, -0.05) is 24.9 Å². The van der Waals surface area contributed by atoms with E-state index in [4.69, 9.17) is 16.4 Å². The number of halogens is 2. The summed E-state index contributed by atoms with van der Waals surface area (Å²) in [6.07, 6.45) is 3.50. The van der Waals surface area contributed by atoms with E-state index in [9.17, 15) is 4.79 Å². The third-order valence-electron chi connectivity index (χ3n) is 3.11. The SMILES string of the molecule is CCCCn1c(C=C=O)[n+](OCC)c2cc(Cl)ccc21.[Br-]. The Balaban J connectivity index is 0.00000220. The first kappa shape index (κ1) is 17.8. The maximum absolute atomic E-state index is 10.8. The van der Waals surface area contributed by atoms with Gasteiger partial charge < -0.3 is 21.8 Å². The van der Waals surface area contributed by atoms with Crippen LogP contribution < -0.4 is 26.5 Å². The minimum atomic E-state index is 0. The van der Waals surface area contributed by atoms with Crippen molar-refractivity contribution in [2.75, 3.05) is 6.61 Å². The molecule has 0 spiro atoms. The number of hydrogen-bond acceptors (Lipinski definition) is 2. The Hall–Kier alpha value is -1.29. The summed E-state index contributed by atoms with van der Waals surface area (Å²) in [5, 5.41) is 0.639. The Labute approximate surface area is 139 Å². The third-order valence-corrected chi connectivity index (χ3v) is 3.35. The zero-order valence-electron chi connectivity index (χ0n) is 12.1. The molecule has 0 atom stereocenters. The van der Waals surface area contributed by atoms with Crippen LogP contribution in [0.5, 0.6) is 0 Å². The lowest BCUT2D eigenvalue weighted by atomic mass is 10.3. The van der Waals surface area contributed by atoms with E-state index in [-0.39, 0.29) is 17.0 Å². The van der Waals surface area contributed by atoms with Crippen LogP contribution in [0, 0.1) is 0 Å². The molecule has 0 aliphatic carbocycles. The Morgan fingerprint density at radius 2 is 2.19 bits per heavy atom. The van der Waals surface area contributed by atoms with E-state index in [0.717, 1.165) is 30.4 Å². The number of carbonyl (C=O) groups excluding carboxylic acids is 1. The number of unbranched alkanes of at least 4 members (excludes halogenated alkanes) is 1. The molecule has 0 aliphatic heterocycles. The first-order valence-corrected chi connectivity index (χ1v) is 7.18. The molecule has 0 radical (unpaired) electrons. The number of hydrogen-bond donors (Lipinski definition) is 0. The molecule has 0 saturated heterocycles. The monoisotopic (exact) mass is 372 g/mol. The molecule has 1 aromatic heterocycles. The van der Waals surface area contributed by atoms with Gasteiger partial charge in [-0.05, 0) is 30.2 Å².